The molecule has 1 heterocycles. The summed E-state index contributed by atoms with van der Waals surface area (Å²) in [7, 11) is 1.28. The van der Waals surface area contributed by atoms with E-state index in [2.05, 4.69) is 4.74 Å². The van der Waals surface area contributed by atoms with Gasteiger partial charge in [0.05, 0.1) is 18.4 Å². The van der Waals surface area contributed by atoms with Gasteiger partial charge in [0.2, 0.25) is 0 Å². The zero-order chi connectivity index (χ0) is 14.9. The Bertz CT molecular complexity index is 636. The van der Waals surface area contributed by atoms with Gasteiger partial charge in [-0.05, 0) is 25.1 Å². The van der Waals surface area contributed by atoms with Crippen molar-refractivity contribution in [1.82, 2.24) is 0 Å². The van der Waals surface area contributed by atoms with Crippen LogP contribution < -0.4 is 4.90 Å². The molecule has 1 aromatic carbocycles. The first-order valence-electron chi connectivity index (χ1n) is 5.86. The van der Waals surface area contributed by atoms with E-state index >= 15 is 0 Å². The molecule has 104 valence electrons. The molecular formula is C14H12ClNO4. The van der Waals surface area contributed by atoms with E-state index in [0.29, 0.717) is 21.8 Å². The molecule has 6 heteroatoms. The summed E-state index contributed by atoms with van der Waals surface area (Å²) in [5.74, 6) is -1.67. The largest absolute Gasteiger partial charge is 0.466 e. The summed E-state index contributed by atoms with van der Waals surface area (Å²) >= 11 is 5.88. The molecule has 0 fully saturated rings. The zero-order valence-electron chi connectivity index (χ0n) is 11.0. The molecule has 0 unspecified atom stereocenters. The molecule has 0 bridgehead atoms. The predicted octanol–water partition coefficient (Wildman–Crippen LogP) is 1.99. The number of anilines is 1. The van der Waals surface area contributed by atoms with Crippen LogP contribution in [0.15, 0.2) is 29.8 Å². The number of methoxy groups -OCH3 is 1. The van der Waals surface area contributed by atoms with Crippen LogP contribution in [0.2, 0.25) is 5.02 Å². The number of nitrogens with zero attached hydrogens (tertiary/aromatic N) is 1. The number of fused-ring (bicyclic) bond motifs is 1. The van der Waals surface area contributed by atoms with Gasteiger partial charge in [0.25, 0.3) is 11.7 Å². The smallest absolute Gasteiger partial charge is 0.333 e. The molecule has 0 N–H and O–H groups in total. The highest BCUT2D eigenvalue weighted by Crippen LogP contribution is 2.31. The second-order valence-corrected chi connectivity index (χ2v) is 4.72. The Kier molecular flexibility index (Phi) is 3.90. The number of amides is 1. The van der Waals surface area contributed by atoms with E-state index in [1.54, 1.807) is 19.1 Å². The van der Waals surface area contributed by atoms with Gasteiger partial charge < -0.3 is 9.64 Å². The van der Waals surface area contributed by atoms with Crippen molar-refractivity contribution >= 4 is 34.9 Å². The van der Waals surface area contributed by atoms with Crippen LogP contribution in [0.25, 0.3) is 0 Å². The topological polar surface area (TPSA) is 63.7 Å². The number of hydrogen-bond acceptors (Lipinski definition) is 4. The number of hydrogen-bond donors (Lipinski definition) is 0. The standard InChI is InChI=1S/C14H12ClNO4/c1-8(14(19)20-2)5-6-16-11-7-9(15)3-4-10(11)12(17)13(16)18/h3-5,7H,6H2,1-2H3. The molecule has 0 aliphatic carbocycles. The van der Waals surface area contributed by atoms with Gasteiger partial charge in [-0.1, -0.05) is 17.7 Å². The van der Waals surface area contributed by atoms with Crippen LogP contribution in [0.5, 0.6) is 0 Å². The average Bonchev–Trinajstić information content (AvgIpc) is 2.67. The number of rotatable bonds is 3. The van der Waals surface area contributed by atoms with Crippen LogP contribution in [-0.4, -0.2) is 31.3 Å². The third kappa shape index (κ3) is 2.44. The van der Waals surface area contributed by atoms with Crippen molar-refractivity contribution in [3.8, 4) is 0 Å². The SMILES string of the molecule is COC(=O)C(C)=CCN1C(=O)C(=O)c2ccc(Cl)cc21. The van der Waals surface area contributed by atoms with Crippen molar-refractivity contribution in [1.29, 1.82) is 0 Å². The first kappa shape index (κ1) is 14.3. The van der Waals surface area contributed by atoms with Gasteiger partial charge >= 0.3 is 5.97 Å². The van der Waals surface area contributed by atoms with Crippen molar-refractivity contribution in [3.63, 3.8) is 0 Å². The van der Waals surface area contributed by atoms with Crippen LogP contribution in [0.4, 0.5) is 5.69 Å². The molecule has 0 atom stereocenters. The fourth-order valence-corrected chi connectivity index (χ4v) is 2.09. The van der Waals surface area contributed by atoms with Gasteiger partial charge in [0.15, 0.2) is 0 Å². The number of carbonyl (C=O) groups is 3. The molecular weight excluding hydrogens is 282 g/mol. The number of ketones is 1. The van der Waals surface area contributed by atoms with Crippen molar-refractivity contribution < 1.29 is 19.1 Å². The van der Waals surface area contributed by atoms with E-state index < -0.39 is 17.7 Å². The molecule has 2 rings (SSSR count). The Morgan fingerprint density at radius 2 is 2.10 bits per heavy atom. The minimum Gasteiger partial charge on any atom is -0.466 e. The molecule has 1 aromatic rings. The van der Waals surface area contributed by atoms with Gasteiger partial charge in [-0.3, -0.25) is 9.59 Å². The van der Waals surface area contributed by atoms with Crippen molar-refractivity contribution in [2.75, 3.05) is 18.6 Å². The fraction of sp³-hybridized carbons (Fsp3) is 0.214. The summed E-state index contributed by atoms with van der Waals surface area (Å²) in [5.41, 5.74) is 1.15. The quantitative estimate of drug-likeness (QED) is 0.486. The first-order valence-corrected chi connectivity index (χ1v) is 6.24. The lowest BCUT2D eigenvalue weighted by atomic mass is 10.1. The molecule has 20 heavy (non-hydrogen) atoms. The molecule has 0 saturated carbocycles. The lowest BCUT2D eigenvalue weighted by Gasteiger charge is -2.14. The Labute approximate surface area is 120 Å². The van der Waals surface area contributed by atoms with E-state index in [4.69, 9.17) is 11.6 Å². The average molecular weight is 294 g/mol. The van der Waals surface area contributed by atoms with Crippen LogP contribution >= 0.6 is 11.6 Å². The maximum atomic E-state index is 11.9. The van der Waals surface area contributed by atoms with Gasteiger partial charge in [0.1, 0.15) is 0 Å². The number of benzene rings is 1. The molecule has 0 aromatic heterocycles. The molecule has 1 amide bonds. The summed E-state index contributed by atoms with van der Waals surface area (Å²) in [6.45, 7) is 1.69. The minimum atomic E-state index is -0.629. The number of Topliss-reactive ketones (excluding diaryl/α,β-unsaturated/α-hetero) is 1. The zero-order valence-corrected chi connectivity index (χ0v) is 11.7. The van der Waals surface area contributed by atoms with Gasteiger partial charge in [-0.15, -0.1) is 0 Å². The van der Waals surface area contributed by atoms with Gasteiger partial charge in [-0.25, -0.2) is 4.79 Å². The van der Waals surface area contributed by atoms with E-state index in [9.17, 15) is 14.4 Å². The number of esters is 1. The molecule has 0 radical (unpaired) electrons. The second kappa shape index (κ2) is 5.46. The lowest BCUT2D eigenvalue weighted by Crippen LogP contribution is -2.30. The summed E-state index contributed by atoms with van der Waals surface area (Å²) in [6.07, 6.45) is 1.53. The maximum absolute atomic E-state index is 11.9. The van der Waals surface area contributed by atoms with Crippen molar-refractivity contribution in [2.24, 2.45) is 0 Å². The highest BCUT2D eigenvalue weighted by molar-refractivity contribution is 6.52. The predicted molar refractivity (Wildman–Crippen MR) is 73.9 cm³/mol. The molecule has 5 nitrogen and oxygen atoms in total. The maximum Gasteiger partial charge on any atom is 0.333 e. The lowest BCUT2D eigenvalue weighted by molar-refractivity contribution is -0.136. The highest BCUT2D eigenvalue weighted by Gasteiger charge is 2.35. The third-order valence-corrected chi connectivity index (χ3v) is 3.26. The van der Waals surface area contributed by atoms with Crippen LogP contribution in [0.3, 0.4) is 0 Å². The second-order valence-electron chi connectivity index (χ2n) is 4.29. The molecule has 1 aliphatic heterocycles. The van der Waals surface area contributed by atoms with Crippen molar-refractivity contribution in [3.05, 3.63) is 40.4 Å². The number of halogens is 1. The minimum absolute atomic E-state index is 0.110. The van der Waals surface area contributed by atoms with Crippen LogP contribution in [-0.2, 0) is 14.3 Å². The molecule has 0 spiro atoms. The molecule has 1 aliphatic rings. The Balaban J connectivity index is 2.30. The summed E-state index contributed by atoms with van der Waals surface area (Å²) < 4.78 is 4.57. The molecule has 0 saturated heterocycles. The van der Waals surface area contributed by atoms with Gasteiger partial charge in [-0.2, -0.15) is 0 Å². The van der Waals surface area contributed by atoms with Crippen LogP contribution in [0.1, 0.15) is 17.3 Å². The Morgan fingerprint density at radius 1 is 1.40 bits per heavy atom. The Hall–Kier alpha value is -2.14. The van der Waals surface area contributed by atoms with E-state index in [-0.39, 0.29) is 6.54 Å². The van der Waals surface area contributed by atoms with E-state index in [0.717, 1.165) is 0 Å². The monoisotopic (exact) mass is 293 g/mol. The summed E-state index contributed by atoms with van der Waals surface area (Å²) in [4.78, 5) is 36.3. The first-order chi connectivity index (χ1) is 9.45. The summed E-state index contributed by atoms with van der Waals surface area (Å²) in [5, 5.41) is 0.435. The van der Waals surface area contributed by atoms with E-state index in [1.807, 2.05) is 0 Å². The van der Waals surface area contributed by atoms with E-state index in [1.165, 1.54) is 24.2 Å². The highest BCUT2D eigenvalue weighted by atomic mass is 35.5. The summed E-state index contributed by atoms with van der Waals surface area (Å²) in [6, 6.07) is 4.64. The fourth-order valence-electron chi connectivity index (χ4n) is 1.92. The number of carbonyl (C=O) groups excluding carboxylic acids is 3. The normalized spacial score (nSPS) is 14.6. The van der Waals surface area contributed by atoms with Crippen LogP contribution in [0, 0.1) is 0 Å². The van der Waals surface area contributed by atoms with Gasteiger partial charge in [0, 0.05) is 17.1 Å². The number of ether oxygens (including phenoxy) is 1. The Morgan fingerprint density at radius 3 is 2.75 bits per heavy atom. The third-order valence-electron chi connectivity index (χ3n) is 3.02. The van der Waals surface area contributed by atoms with Crippen molar-refractivity contribution in [2.45, 2.75) is 6.92 Å².